The number of pyridine rings is 1. The van der Waals surface area contributed by atoms with Gasteiger partial charge >= 0.3 is 0 Å². The highest BCUT2D eigenvalue weighted by Crippen LogP contribution is 2.27. The Labute approximate surface area is 152 Å². The third-order valence-corrected chi connectivity index (χ3v) is 5.24. The predicted octanol–water partition coefficient (Wildman–Crippen LogP) is 4.26. The molecule has 0 aliphatic heterocycles. The number of hydrogen-bond donors (Lipinski definition) is 0. The predicted molar refractivity (Wildman–Crippen MR) is 97.6 cm³/mol. The Morgan fingerprint density at radius 2 is 1.88 bits per heavy atom. The summed E-state index contributed by atoms with van der Waals surface area (Å²) in [6.07, 6.45) is 5.32. The highest BCUT2D eigenvalue weighted by Gasteiger charge is 2.15. The molecule has 1 aromatic carbocycles. The Morgan fingerprint density at radius 3 is 2.64 bits per heavy atom. The second-order valence-corrected chi connectivity index (χ2v) is 7.04. The number of nitriles is 2. The zero-order valence-corrected chi connectivity index (χ0v) is 14.8. The Kier molecular flexibility index (Phi) is 5.93. The molecule has 0 saturated heterocycles. The molecule has 0 atom stereocenters. The van der Waals surface area contributed by atoms with Crippen LogP contribution in [-0.2, 0) is 12.8 Å². The van der Waals surface area contributed by atoms with E-state index in [0.717, 1.165) is 35.8 Å². The maximum absolute atomic E-state index is 9.36. The van der Waals surface area contributed by atoms with Crippen LogP contribution in [0.25, 0.3) is 0 Å². The van der Waals surface area contributed by atoms with Crippen LogP contribution in [0.3, 0.4) is 0 Å². The highest BCUT2D eigenvalue weighted by atomic mass is 32.2. The SMILES string of the molecule is N#Cc1ccc(OCCCSc2nc3c(cc2C#N)CCCC3)cc1. The van der Waals surface area contributed by atoms with Gasteiger partial charge in [-0.3, -0.25) is 0 Å². The van der Waals surface area contributed by atoms with Gasteiger partial charge in [-0.2, -0.15) is 10.5 Å². The van der Waals surface area contributed by atoms with Crippen molar-refractivity contribution in [2.75, 3.05) is 12.4 Å². The average molecular weight is 349 g/mol. The van der Waals surface area contributed by atoms with Crippen LogP contribution in [0.15, 0.2) is 35.4 Å². The van der Waals surface area contributed by atoms with Crippen LogP contribution >= 0.6 is 11.8 Å². The van der Waals surface area contributed by atoms with Gasteiger partial charge in [-0.25, -0.2) is 4.98 Å². The van der Waals surface area contributed by atoms with E-state index >= 15 is 0 Å². The van der Waals surface area contributed by atoms with Crippen molar-refractivity contribution in [1.82, 2.24) is 4.98 Å². The first-order chi connectivity index (χ1) is 12.3. The lowest BCUT2D eigenvalue weighted by molar-refractivity contribution is 0.318. The van der Waals surface area contributed by atoms with Gasteiger partial charge < -0.3 is 4.74 Å². The Hall–Kier alpha value is -2.50. The van der Waals surface area contributed by atoms with Crippen molar-refractivity contribution in [3.8, 4) is 17.9 Å². The van der Waals surface area contributed by atoms with Gasteiger partial charge in [0.25, 0.3) is 0 Å². The zero-order chi connectivity index (χ0) is 17.5. The summed E-state index contributed by atoms with van der Waals surface area (Å²) < 4.78 is 5.68. The van der Waals surface area contributed by atoms with Gasteiger partial charge in [0, 0.05) is 11.4 Å². The minimum Gasteiger partial charge on any atom is -0.494 e. The molecule has 1 aromatic heterocycles. The maximum Gasteiger partial charge on any atom is 0.119 e. The molecule has 5 heteroatoms. The lowest BCUT2D eigenvalue weighted by atomic mass is 9.95. The number of aromatic nitrogens is 1. The number of hydrogen-bond acceptors (Lipinski definition) is 5. The standard InChI is InChI=1S/C20H19N3OS/c21-13-15-6-8-18(9-7-15)24-10-3-11-25-20-17(14-22)12-16-4-1-2-5-19(16)23-20/h6-9,12H,1-5,10-11H2. The third-order valence-electron chi connectivity index (χ3n) is 4.17. The zero-order valence-electron chi connectivity index (χ0n) is 14.0. The fourth-order valence-corrected chi connectivity index (χ4v) is 3.74. The van der Waals surface area contributed by atoms with Gasteiger partial charge in [-0.1, -0.05) is 0 Å². The maximum atomic E-state index is 9.36. The number of nitrogens with zero attached hydrogens (tertiary/aromatic N) is 3. The molecule has 1 aliphatic rings. The molecule has 0 bridgehead atoms. The van der Waals surface area contributed by atoms with E-state index in [-0.39, 0.29) is 0 Å². The Bertz CT molecular complexity index is 819. The van der Waals surface area contributed by atoms with Crippen molar-refractivity contribution in [3.63, 3.8) is 0 Å². The van der Waals surface area contributed by atoms with E-state index in [4.69, 9.17) is 15.0 Å². The number of ether oxygens (including phenoxy) is 1. The molecule has 3 rings (SSSR count). The van der Waals surface area contributed by atoms with Gasteiger partial charge in [0.05, 0.1) is 23.8 Å². The number of rotatable bonds is 6. The molecule has 0 radical (unpaired) electrons. The lowest BCUT2D eigenvalue weighted by Crippen LogP contribution is -2.07. The summed E-state index contributed by atoms with van der Waals surface area (Å²) in [6.45, 7) is 0.603. The quantitative estimate of drug-likeness (QED) is 0.575. The molecule has 2 aromatic rings. The van der Waals surface area contributed by atoms with E-state index in [1.54, 1.807) is 23.9 Å². The minimum atomic E-state index is 0.603. The number of aryl methyl sites for hydroxylation is 2. The average Bonchev–Trinajstić information content (AvgIpc) is 2.67. The molecule has 25 heavy (non-hydrogen) atoms. The first-order valence-electron chi connectivity index (χ1n) is 8.49. The van der Waals surface area contributed by atoms with Crippen LogP contribution < -0.4 is 4.74 Å². The molecule has 0 fully saturated rings. The molecule has 1 heterocycles. The molecular formula is C20H19N3OS. The van der Waals surface area contributed by atoms with Crippen LogP contribution in [0.2, 0.25) is 0 Å². The molecule has 0 saturated carbocycles. The van der Waals surface area contributed by atoms with Gasteiger partial charge in [0.1, 0.15) is 16.8 Å². The van der Waals surface area contributed by atoms with Crippen molar-refractivity contribution in [1.29, 1.82) is 10.5 Å². The van der Waals surface area contributed by atoms with E-state index in [1.807, 2.05) is 18.2 Å². The van der Waals surface area contributed by atoms with E-state index in [2.05, 4.69) is 12.1 Å². The molecule has 4 nitrogen and oxygen atoms in total. The number of thioether (sulfide) groups is 1. The normalized spacial score (nSPS) is 12.7. The van der Waals surface area contributed by atoms with Gasteiger partial charge in [-0.05, 0) is 68.0 Å². The van der Waals surface area contributed by atoms with Crippen LogP contribution in [0.1, 0.15) is 41.6 Å². The van der Waals surface area contributed by atoms with Gasteiger partial charge in [0.15, 0.2) is 0 Å². The lowest BCUT2D eigenvalue weighted by Gasteiger charge is -2.16. The number of fused-ring (bicyclic) bond motifs is 1. The van der Waals surface area contributed by atoms with Crippen molar-refractivity contribution in [3.05, 3.63) is 52.7 Å². The monoisotopic (exact) mass is 349 g/mol. The second-order valence-electron chi connectivity index (χ2n) is 5.95. The summed E-state index contributed by atoms with van der Waals surface area (Å²) >= 11 is 1.63. The topological polar surface area (TPSA) is 69.7 Å². The second kappa shape index (κ2) is 8.55. The minimum absolute atomic E-state index is 0.603. The van der Waals surface area contributed by atoms with E-state index in [0.29, 0.717) is 17.7 Å². The Balaban J connectivity index is 1.50. The fourth-order valence-electron chi connectivity index (χ4n) is 2.85. The third kappa shape index (κ3) is 4.53. The molecule has 0 amide bonds. The summed E-state index contributed by atoms with van der Waals surface area (Å²) in [4.78, 5) is 4.73. The first-order valence-corrected chi connectivity index (χ1v) is 9.47. The summed E-state index contributed by atoms with van der Waals surface area (Å²) in [7, 11) is 0. The van der Waals surface area contributed by atoms with E-state index in [1.165, 1.54) is 24.1 Å². The smallest absolute Gasteiger partial charge is 0.119 e. The largest absolute Gasteiger partial charge is 0.494 e. The summed E-state index contributed by atoms with van der Waals surface area (Å²) in [5, 5.41) is 19.0. The Morgan fingerprint density at radius 1 is 1.08 bits per heavy atom. The van der Waals surface area contributed by atoms with Gasteiger partial charge in [-0.15, -0.1) is 11.8 Å². The molecular weight excluding hydrogens is 330 g/mol. The van der Waals surface area contributed by atoms with Crippen molar-refractivity contribution in [2.24, 2.45) is 0 Å². The first kappa shape index (κ1) is 17.3. The van der Waals surface area contributed by atoms with Crippen molar-refractivity contribution < 1.29 is 4.74 Å². The van der Waals surface area contributed by atoms with Crippen molar-refractivity contribution >= 4 is 11.8 Å². The van der Waals surface area contributed by atoms with Crippen molar-refractivity contribution in [2.45, 2.75) is 37.1 Å². The summed E-state index contributed by atoms with van der Waals surface area (Å²) in [6, 6.07) is 13.5. The summed E-state index contributed by atoms with van der Waals surface area (Å²) in [5.74, 6) is 1.63. The van der Waals surface area contributed by atoms with E-state index < -0.39 is 0 Å². The van der Waals surface area contributed by atoms with Crippen LogP contribution in [0.4, 0.5) is 0 Å². The van der Waals surface area contributed by atoms with Crippen LogP contribution in [-0.4, -0.2) is 17.3 Å². The van der Waals surface area contributed by atoms with E-state index in [9.17, 15) is 5.26 Å². The highest BCUT2D eigenvalue weighted by molar-refractivity contribution is 7.99. The molecule has 126 valence electrons. The van der Waals surface area contributed by atoms with Crippen LogP contribution in [0.5, 0.6) is 5.75 Å². The number of benzene rings is 1. The molecule has 0 unspecified atom stereocenters. The van der Waals surface area contributed by atoms with Crippen LogP contribution in [0, 0.1) is 22.7 Å². The molecule has 1 aliphatic carbocycles. The van der Waals surface area contributed by atoms with Gasteiger partial charge in [0.2, 0.25) is 0 Å². The summed E-state index contributed by atoms with van der Waals surface area (Å²) in [5.41, 5.74) is 3.74. The fraction of sp³-hybridized carbons (Fsp3) is 0.350. The molecule has 0 N–H and O–H groups in total. The molecule has 0 spiro atoms.